The van der Waals surface area contributed by atoms with Gasteiger partial charge in [0.05, 0.1) is 19.0 Å². The summed E-state index contributed by atoms with van der Waals surface area (Å²) >= 11 is 7.17. The number of hydrogen-bond donors (Lipinski definition) is 1. The molecule has 0 saturated carbocycles. The predicted molar refractivity (Wildman–Crippen MR) is 112 cm³/mol. The fourth-order valence-electron chi connectivity index (χ4n) is 2.10. The van der Waals surface area contributed by atoms with E-state index in [0.29, 0.717) is 21.4 Å². The van der Waals surface area contributed by atoms with Gasteiger partial charge in [0.2, 0.25) is 0 Å². The van der Waals surface area contributed by atoms with Gasteiger partial charge in [-0.15, -0.1) is 23.7 Å². The van der Waals surface area contributed by atoms with Crippen molar-refractivity contribution in [3.63, 3.8) is 0 Å². The van der Waals surface area contributed by atoms with E-state index in [1.165, 1.54) is 18.4 Å². The van der Waals surface area contributed by atoms with Crippen LogP contribution < -0.4 is 14.9 Å². The van der Waals surface area contributed by atoms with Crippen LogP contribution in [0.2, 0.25) is 5.02 Å². The van der Waals surface area contributed by atoms with Crippen molar-refractivity contribution in [2.24, 2.45) is 5.10 Å². The summed E-state index contributed by atoms with van der Waals surface area (Å²) in [5.41, 5.74) is 4.52. The van der Waals surface area contributed by atoms with Gasteiger partial charge in [-0.25, -0.2) is 4.79 Å². The molecule has 140 valence electrons. The largest absolute Gasteiger partial charge is 0.493 e. The van der Waals surface area contributed by atoms with Gasteiger partial charge in [0.25, 0.3) is 0 Å². The molecule has 0 fully saturated rings. The standard InChI is InChI=1S/C19H15ClN2O3S.ClH/c1-24-17-11-13(12-21-22-15-7-5-14(20)6-8-15)4-9-16(17)25-19(23)18-3-2-10-26-18;/h2-12,22H,1H3;1H/b21-12+;. The molecule has 1 heterocycles. The third-order valence-corrected chi connectivity index (χ3v) is 4.47. The Hall–Kier alpha value is -2.54. The molecule has 0 atom stereocenters. The SMILES string of the molecule is COc1cc(/C=N/Nc2ccc(Cl)cc2)ccc1OC(=O)c1cccs1.Cl. The van der Waals surface area contributed by atoms with Crippen LogP contribution in [0.4, 0.5) is 5.69 Å². The van der Waals surface area contributed by atoms with Crippen molar-refractivity contribution in [1.82, 2.24) is 0 Å². The number of hydrazone groups is 1. The van der Waals surface area contributed by atoms with E-state index in [1.54, 1.807) is 48.7 Å². The molecule has 1 N–H and O–H groups in total. The van der Waals surface area contributed by atoms with Gasteiger partial charge in [0.15, 0.2) is 11.5 Å². The number of thiophene rings is 1. The monoisotopic (exact) mass is 422 g/mol. The summed E-state index contributed by atoms with van der Waals surface area (Å²) < 4.78 is 10.7. The summed E-state index contributed by atoms with van der Waals surface area (Å²) in [6.45, 7) is 0. The minimum Gasteiger partial charge on any atom is -0.493 e. The minimum atomic E-state index is -0.413. The van der Waals surface area contributed by atoms with Crippen molar-refractivity contribution in [3.8, 4) is 11.5 Å². The minimum absolute atomic E-state index is 0. The van der Waals surface area contributed by atoms with Crippen LogP contribution >= 0.6 is 35.3 Å². The summed E-state index contributed by atoms with van der Waals surface area (Å²) in [7, 11) is 1.52. The van der Waals surface area contributed by atoms with Crippen LogP contribution in [0, 0.1) is 0 Å². The smallest absolute Gasteiger partial charge is 0.353 e. The number of esters is 1. The third-order valence-electron chi connectivity index (χ3n) is 3.36. The van der Waals surface area contributed by atoms with E-state index < -0.39 is 5.97 Å². The van der Waals surface area contributed by atoms with Gasteiger partial charge in [0.1, 0.15) is 4.88 Å². The highest BCUT2D eigenvalue weighted by Crippen LogP contribution is 2.29. The molecule has 1 aromatic heterocycles. The Kier molecular flexibility index (Phi) is 7.67. The fourth-order valence-corrected chi connectivity index (χ4v) is 2.82. The summed E-state index contributed by atoms with van der Waals surface area (Å²) in [6.07, 6.45) is 1.64. The molecule has 2 aromatic carbocycles. The van der Waals surface area contributed by atoms with Crippen LogP contribution in [0.3, 0.4) is 0 Å². The van der Waals surface area contributed by atoms with Gasteiger partial charge in [-0.1, -0.05) is 17.7 Å². The maximum atomic E-state index is 12.1. The van der Waals surface area contributed by atoms with Gasteiger partial charge in [-0.05, 0) is 59.5 Å². The average molecular weight is 423 g/mol. The average Bonchev–Trinajstić information content (AvgIpc) is 3.19. The Morgan fingerprint density at radius 2 is 1.93 bits per heavy atom. The summed E-state index contributed by atoms with van der Waals surface area (Å²) in [4.78, 5) is 12.6. The van der Waals surface area contributed by atoms with Gasteiger partial charge in [-0.2, -0.15) is 5.10 Å². The molecular formula is C19H16Cl2N2O3S. The third kappa shape index (κ3) is 5.72. The lowest BCUT2D eigenvalue weighted by molar-refractivity contribution is 0.0735. The summed E-state index contributed by atoms with van der Waals surface area (Å²) in [5, 5.41) is 6.65. The number of halogens is 2. The van der Waals surface area contributed by atoms with E-state index in [0.717, 1.165) is 11.3 Å². The maximum absolute atomic E-state index is 12.1. The van der Waals surface area contributed by atoms with Gasteiger partial charge in [-0.3, -0.25) is 5.43 Å². The number of anilines is 1. The number of carbonyl (C=O) groups is 1. The predicted octanol–water partition coefficient (Wildman–Crippen LogP) is 5.50. The molecule has 27 heavy (non-hydrogen) atoms. The van der Waals surface area contributed by atoms with Crippen LogP contribution in [0.15, 0.2) is 65.1 Å². The number of benzene rings is 2. The zero-order valence-electron chi connectivity index (χ0n) is 14.2. The second-order valence-electron chi connectivity index (χ2n) is 5.15. The first-order chi connectivity index (χ1) is 12.7. The van der Waals surface area contributed by atoms with E-state index in [9.17, 15) is 4.79 Å². The molecule has 0 aliphatic carbocycles. The van der Waals surface area contributed by atoms with Crippen molar-refractivity contribution >= 4 is 53.2 Å². The lowest BCUT2D eigenvalue weighted by Gasteiger charge is -2.09. The van der Waals surface area contributed by atoms with E-state index in [1.807, 2.05) is 17.5 Å². The van der Waals surface area contributed by atoms with Crippen molar-refractivity contribution < 1.29 is 14.3 Å². The van der Waals surface area contributed by atoms with Gasteiger partial charge >= 0.3 is 5.97 Å². The van der Waals surface area contributed by atoms with E-state index in [-0.39, 0.29) is 12.4 Å². The van der Waals surface area contributed by atoms with Crippen molar-refractivity contribution in [2.45, 2.75) is 0 Å². The number of hydrogen-bond acceptors (Lipinski definition) is 6. The van der Waals surface area contributed by atoms with Crippen molar-refractivity contribution in [1.29, 1.82) is 0 Å². The normalized spacial score (nSPS) is 10.3. The lowest BCUT2D eigenvalue weighted by atomic mass is 10.2. The Bertz CT molecular complexity index is 913. The molecule has 3 aromatic rings. The Labute approximate surface area is 172 Å². The van der Waals surface area contributed by atoms with Gasteiger partial charge < -0.3 is 9.47 Å². The first kappa shape index (κ1) is 20.8. The number of nitrogens with zero attached hydrogens (tertiary/aromatic N) is 1. The number of nitrogens with one attached hydrogen (secondary N) is 1. The quantitative estimate of drug-likeness (QED) is 0.246. The zero-order chi connectivity index (χ0) is 18.4. The summed E-state index contributed by atoms with van der Waals surface area (Å²) in [5.74, 6) is 0.392. The van der Waals surface area contributed by atoms with Crippen molar-refractivity contribution in [2.75, 3.05) is 12.5 Å². The molecule has 0 aliphatic heterocycles. The van der Waals surface area contributed by atoms with E-state index >= 15 is 0 Å². The lowest BCUT2D eigenvalue weighted by Crippen LogP contribution is -2.07. The second kappa shape index (κ2) is 9.97. The molecule has 5 nitrogen and oxygen atoms in total. The molecule has 0 radical (unpaired) electrons. The van der Waals surface area contributed by atoms with E-state index in [4.69, 9.17) is 21.1 Å². The zero-order valence-corrected chi connectivity index (χ0v) is 16.6. The first-order valence-corrected chi connectivity index (χ1v) is 8.90. The first-order valence-electron chi connectivity index (χ1n) is 7.64. The number of carbonyl (C=O) groups excluding carboxylic acids is 1. The number of methoxy groups -OCH3 is 1. The number of ether oxygens (including phenoxy) is 2. The van der Waals surface area contributed by atoms with Crippen LogP contribution in [0.5, 0.6) is 11.5 Å². The van der Waals surface area contributed by atoms with Gasteiger partial charge in [0, 0.05) is 5.02 Å². The van der Waals surface area contributed by atoms with Crippen molar-refractivity contribution in [3.05, 3.63) is 75.4 Å². The topological polar surface area (TPSA) is 59.9 Å². The highest BCUT2D eigenvalue weighted by atomic mass is 35.5. The molecule has 8 heteroatoms. The highest BCUT2D eigenvalue weighted by molar-refractivity contribution is 7.12. The molecule has 0 aliphatic rings. The van der Waals surface area contributed by atoms with Crippen LogP contribution in [0.1, 0.15) is 15.2 Å². The molecule has 0 saturated heterocycles. The Balaban J connectivity index is 0.00000261. The Morgan fingerprint density at radius 1 is 1.15 bits per heavy atom. The summed E-state index contributed by atoms with van der Waals surface area (Å²) in [6, 6.07) is 15.9. The highest BCUT2D eigenvalue weighted by Gasteiger charge is 2.13. The molecular weight excluding hydrogens is 407 g/mol. The second-order valence-corrected chi connectivity index (χ2v) is 6.54. The fraction of sp³-hybridized carbons (Fsp3) is 0.0526. The maximum Gasteiger partial charge on any atom is 0.353 e. The number of rotatable bonds is 6. The van der Waals surface area contributed by atoms with Crippen LogP contribution in [-0.4, -0.2) is 19.3 Å². The molecule has 3 rings (SSSR count). The molecule has 0 spiro atoms. The molecule has 0 unspecified atom stereocenters. The van der Waals surface area contributed by atoms with Crippen LogP contribution in [-0.2, 0) is 0 Å². The molecule has 0 amide bonds. The van der Waals surface area contributed by atoms with E-state index in [2.05, 4.69) is 10.5 Å². The van der Waals surface area contributed by atoms with Crippen LogP contribution in [0.25, 0.3) is 0 Å². The molecule has 0 bridgehead atoms. The Morgan fingerprint density at radius 3 is 2.59 bits per heavy atom.